The van der Waals surface area contributed by atoms with E-state index in [0.717, 1.165) is 0 Å². The number of carbonyl (C=O) groups is 2. The van der Waals surface area contributed by atoms with Gasteiger partial charge in [0.25, 0.3) is 0 Å². The molecule has 7 nitrogen and oxygen atoms in total. The third kappa shape index (κ3) is 7.75. The number of amides is 2. The quantitative estimate of drug-likeness (QED) is 0.773. The van der Waals surface area contributed by atoms with Crippen molar-refractivity contribution in [1.82, 2.24) is 10.6 Å². The minimum absolute atomic E-state index is 0.276. The molecule has 0 spiro atoms. The van der Waals surface area contributed by atoms with Crippen molar-refractivity contribution >= 4 is 12.2 Å². The van der Waals surface area contributed by atoms with Gasteiger partial charge >= 0.3 is 12.2 Å². The fraction of sp³-hybridized carbons (Fsp3) is 0.857. The zero-order chi connectivity index (χ0) is 16.3. The molecule has 2 N–H and O–H groups in total. The van der Waals surface area contributed by atoms with Gasteiger partial charge in [-0.15, -0.1) is 0 Å². The number of ether oxygens (including phenoxy) is 3. The van der Waals surface area contributed by atoms with Crippen LogP contribution in [0.15, 0.2) is 0 Å². The molecule has 1 fully saturated rings. The number of alkyl carbamates (subject to hydrolysis) is 2. The van der Waals surface area contributed by atoms with Gasteiger partial charge in [0.15, 0.2) is 0 Å². The molecule has 0 aliphatic carbocycles. The first-order valence-corrected chi connectivity index (χ1v) is 6.99. The third-order valence-electron chi connectivity index (χ3n) is 2.46. The van der Waals surface area contributed by atoms with Gasteiger partial charge in [0.05, 0.1) is 19.7 Å². The van der Waals surface area contributed by atoms with E-state index in [1.54, 1.807) is 41.5 Å². The standard InChI is InChI=1S/C14H26N2O5/c1-12(2,3)20-10(17)15-7-14(9-19-14)8-16-11(18)21-13(4,5)6/h7-9H2,1-6H3,(H,15,17)(H,16,18). The Hall–Kier alpha value is -1.50. The summed E-state index contributed by atoms with van der Waals surface area (Å²) >= 11 is 0. The van der Waals surface area contributed by atoms with Crippen molar-refractivity contribution in [3.63, 3.8) is 0 Å². The zero-order valence-corrected chi connectivity index (χ0v) is 13.7. The van der Waals surface area contributed by atoms with Crippen LogP contribution < -0.4 is 10.6 Å². The Labute approximate surface area is 125 Å². The molecular weight excluding hydrogens is 276 g/mol. The van der Waals surface area contributed by atoms with Crippen LogP contribution in [0.5, 0.6) is 0 Å². The summed E-state index contributed by atoms with van der Waals surface area (Å²) < 4.78 is 15.6. The molecule has 0 atom stereocenters. The number of epoxide rings is 1. The van der Waals surface area contributed by atoms with Crippen LogP contribution in [0, 0.1) is 0 Å². The number of hydrogen-bond acceptors (Lipinski definition) is 5. The second-order valence-electron chi connectivity index (χ2n) is 7.18. The molecule has 0 aromatic heterocycles. The molecule has 0 aromatic rings. The topological polar surface area (TPSA) is 89.2 Å². The number of carbonyl (C=O) groups excluding carboxylic acids is 2. The fourth-order valence-electron chi connectivity index (χ4n) is 1.46. The van der Waals surface area contributed by atoms with Crippen molar-refractivity contribution in [1.29, 1.82) is 0 Å². The van der Waals surface area contributed by atoms with Crippen LogP contribution in [0.4, 0.5) is 9.59 Å². The van der Waals surface area contributed by atoms with Crippen LogP contribution in [-0.4, -0.2) is 48.7 Å². The zero-order valence-electron chi connectivity index (χ0n) is 13.7. The van der Waals surface area contributed by atoms with Crippen LogP contribution in [0.2, 0.25) is 0 Å². The molecule has 21 heavy (non-hydrogen) atoms. The summed E-state index contributed by atoms with van der Waals surface area (Å²) in [4.78, 5) is 23.1. The molecule has 1 heterocycles. The van der Waals surface area contributed by atoms with Gasteiger partial charge in [0, 0.05) is 0 Å². The average Bonchev–Trinajstić information content (AvgIpc) is 3.00. The lowest BCUT2D eigenvalue weighted by Crippen LogP contribution is -2.45. The van der Waals surface area contributed by atoms with E-state index in [1.807, 2.05) is 0 Å². The Kier molecular flexibility index (Phi) is 5.09. The molecule has 0 unspecified atom stereocenters. The summed E-state index contributed by atoms with van der Waals surface area (Å²) in [6.45, 7) is 11.8. The predicted molar refractivity (Wildman–Crippen MR) is 77.2 cm³/mol. The smallest absolute Gasteiger partial charge is 0.407 e. The first kappa shape index (κ1) is 17.6. The lowest BCUT2D eigenvalue weighted by Gasteiger charge is -2.22. The predicted octanol–water partition coefficient (Wildman–Crippen LogP) is 1.80. The summed E-state index contributed by atoms with van der Waals surface area (Å²) in [7, 11) is 0. The van der Waals surface area contributed by atoms with Gasteiger partial charge in [0.1, 0.15) is 16.8 Å². The summed E-state index contributed by atoms with van der Waals surface area (Å²) in [5.74, 6) is 0. The Morgan fingerprint density at radius 3 is 1.52 bits per heavy atom. The summed E-state index contributed by atoms with van der Waals surface area (Å²) in [6.07, 6.45) is -1.01. The van der Waals surface area contributed by atoms with Crippen molar-refractivity contribution in [2.45, 2.75) is 58.3 Å². The van der Waals surface area contributed by atoms with Crippen molar-refractivity contribution in [3.05, 3.63) is 0 Å². The van der Waals surface area contributed by atoms with E-state index < -0.39 is 29.0 Å². The maximum Gasteiger partial charge on any atom is 0.407 e. The minimum atomic E-state index is -0.562. The second-order valence-corrected chi connectivity index (χ2v) is 7.18. The largest absolute Gasteiger partial charge is 0.444 e. The van der Waals surface area contributed by atoms with Gasteiger partial charge in [0.2, 0.25) is 0 Å². The summed E-state index contributed by atoms with van der Waals surface area (Å²) in [5.41, 5.74) is -1.65. The molecule has 0 bridgehead atoms. The van der Waals surface area contributed by atoms with E-state index in [4.69, 9.17) is 14.2 Å². The summed E-state index contributed by atoms with van der Waals surface area (Å²) in [6, 6.07) is 0. The van der Waals surface area contributed by atoms with Crippen LogP contribution in [0.1, 0.15) is 41.5 Å². The Morgan fingerprint density at radius 2 is 1.29 bits per heavy atom. The average molecular weight is 302 g/mol. The maximum atomic E-state index is 11.6. The Balaban J connectivity index is 2.29. The molecule has 1 aliphatic heterocycles. The van der Waals surface area contributed by atoms with Crippen LogP contribution in [0.3, 0.4) is 0 Å². The molecule has 0 radical (unpaired) electrons. The molecule has 1 aliphatic rings. The normalized spacial score (nSPS) is 16.9. The molecule has 1 rings (SSSR count). The van der Waals surface area contributed by atoms with Gasteiger partial charge in [-0.25, -0.2) is 9.59 Å². The van der Waals surface area contributed by atoms with Crippen LogP contribution >= 0.6 is 0 Å². The van der Waals surface area contributed by atoms with E-state index in [0.29, 0.717) is 6.61 Å². The lowest BCUT2D eigenvalue weighted by molar-refractivity contribution is 0.0497. The van der Waals surface area contributed by atoms with E-state index >= 15 is 0 Å². The Bertz CT molecular complexity index is 357. The highest BCUT2D eigenvalue weighted by Gasteiger charge is 2.45. The van der Waals surface area contributed by atoms with Crippen molar-refractivity contribution in [3.8, 4) is 0 Å². The van der Waals surface area contributed by atoms with E-state index in [1.165, 1.54) is 0 Å². The van der Waals surface area contributed by atoms with Gasteiger partial charge < -0.3 is 24.8 Å². The van der Waals surface area contributed by atoms with Gasteiger partial charge in [-0.1, -0.05) is 0 Å². The van der Waals surface area contributed by atoms with Gasteiger partial charge in [-0.05, 0) is 41.5 Å². The van der Waals surface area contributed by atoms with E-state index in [-0.39, 0.29) is 13.1 Å². The molecule has 0 aromatic carbocycles. The van der Waals surface area contributed by atoms with Crippen molar-refractivity contribution in [2.75, 3.05) is 19.7 Å². The number of hydrogen-bond donors (Lipinski definition) is 2. The van der Waals surface area contributed by atoms with Crippen molar-refractivity contribution < 1.29 is 23.8 Å². The second kappa shape index (κ2) is 6.09. The molecule has 0 saturated carbocycles. The van der Waals surface area contributed by atoms with E-state index in [9.17, 15) is 9.59 Å². The van der Waals surface area contributed by atoms with Gasteiger partial charge in [-0.2, -0.15) is 0 Å². The highest BCUT2D eigenvalue weighted by Crippen LogP contribution is 2.25. The van der Waals surface area contributed by atoms with Crippen LogP contribution in [-0.2, 0) is 14.2 Å². The fourth-order valence-corrected chi connectivity index (χ4v) is 1.46. The first-order valence-electron chi connectivity index (χ1n) is 6.99. The van der Waals surface area contributed by atoms with Gasteiger partial charge in [-0.3, -0.25) is 0 Å². The van der Waals surface area contributed by atoms with E-state index in [2.05, 4.69) is 10.6 Å². The van der Waals surface area contributed by atoms with Crippen LogP contribution in [0.25, 0.3) is 0 Å². The molecule has 1 saturated heterocycles. The maximum absolute atomic E-state index is 11.6. The molecular formula is C14H26N2O5. The summed E-state index contributed by atoms with van der Waals surface area (Å²) in [5, 5.41) is 5.27. The third-order valence-corrected chi connectivity index (χ3v) is 2.46. The molecule has 7 heteroatoms. The minimum Gasteiger partial charge on any atom is -0.444 e. The first-order chi connectivity index (χ1) is 9.41. The highest BCUT2D eigenvalue weighted by molar-refractivity contribution is 5.68. The highest BCUT2D eigenvalue weighted by atomic mass is 16.6. The Morgan fingerprint density at radius 1 is 0.952 bits per heavy atom. The lowest BCUT2D eigenvalue weighted by atomic mass is 10.1. The SMILES string of the molecule is CC(C)(C)OC(=O)NCC1(CNC(=O)OC(C)(C)C)CO1. The molecule has 122 valence electrons. The molecule has 2 amide bonds. The monoisotopic (exact) mass is 302 g/mol. The van der Waals surface area contributed by atoms with Crippen molar-refractivity contribution in [2.24, 2.45) is 0 Å². The number of nitrogens with one attached hydrogen (secondary N) is 2. The number of rotatable bonds is 4.